The van der Waals surface area contributed by atoms with Crippen LogP contribution in [0, 0.1) is 0 Å². The number of aromatic amines is 1. The fourth-order valence-corrected chi connectivity index (χ4v) is 4.47. The molecule has 3 rings (SSSR count). The van der Waals surface area contributed by atoms with Crippen molar-refractivity contribution >= 4 is 38.6 Å². The number of nitrogens with zero attached hydrogens (tertiary/aromatic N) is 3. The number of aliphatic hydroxyl groups is 2. The van der Waals surface area contributed by atoms with E-state index in [4.69, 9.17) is 4.74 Å². The van der Waals surface area contributed by atoms with E-state index >= 15 is 0 Å². The van der Waals surface area contributed by atoms with E-state index in [0.29, 0.717) is 0 Å². The van der Waals surface area contributed by atoms with Crippen molar-refractivity contribution in [1.82, 2.24) is 19.5 Å². The average molecular weight is 563 g/mol. The quantitative estimate of drug-likeness (QED) is 0.123. The first kappa shape index (κ1) is 38.0. The van der Waals surface area contributed by atoms with Gasteiger partial charge in [0.15, 0.2) is 22.5 Å². The van der Waals surface area contributed by atoms with Gasteiger partial charge in [-0.1, -0.05) is 11.8 Å². The average Bonchev–Trinajstić information content (AvgIpc) is 3.13. The first-order valence-electron chi connectivity index (χ1n) is 7.63. The molecule has 33 heavy (non-hydrogen) atoms. The molecule has 15 nitrogen and oxygen atoms in total. The Hall–Kier alpha value is 2.84. The van der Waals surface area contributed by atoms with Crippen molar-refractivity contribution in [2.24, 2.45) is 0 Å². The third-order valence-electron chi connectivity index (χ3n) is 3.81. The van der Waals surface area contributed by atoms with Gasteiger partial charge in [-0.15, -0.1) is 0 Å². The van der Waals surface area contributed by atoms with E-state index in [-0.39, 0.29) is 135 Å². The molecule has 2 aromatic rings. The molecule has 162 valence electrons. The summed E-state index contributed by atoms with van der Waals surface area (Å²) >= 11 is 1.14. The van der Waals surface area contributed by atoms with Gasteiger partial charge in [0.2, 0.25) is 0 Å². The predicted octanol–water partition coefficient (Wildman–Crippen LogP) is -15.2. The summed E-state index contributed by atoms with van der Waals surface area (Å²) in [4.78, 5) is 54.7. The normalized spacial score (nSPS) is 24.1. The van der Waals surface area contributed by atoms with Crippen LogP contribution in [0.2, 0.25) is 0 Å². The number of H-pyrrole nitrogens is 1. The molecule has 1 aliphatic rings. The third kappa shape index (κ3) is 9.83. The Bertz CT molecular complexity index is 1070. The number of fused-ring (bicyclic) bond motifs is 1. The van der Waals surface area contributed by atoms with Crippen LogP contribution >= 0.6 is 27.4 Å². The minimum absolute atomic E-state index is 0. The van der Waals surface area contributed by atoms with Crippen LogP contribution in [0.5, 0.6) is 0 Å². The smallest absolute Gasteiger partial charge is 0.790 e. The van der Waals surface area contributed by atoms with Crippen LogP contribution in [-0.2, 0) is 22.7 Å². The zero-order valence-electron chi connectivity index (χ0n) is 18.3. The van der Waals surface area contributed by atoms with Gasteiger partial charge in [0, 0.05) is 0 Å². The summed E-state index contributed by atoms with van der Waals surface area (Å²) in [6.07, 6.45) is -3.28. The molecule has 1 fully saturated rings. The Kier molecular flexibility index (Phi) is 17.8. The number of phosphoric acid groups is 2. The summed E-state index contributed by atoms with van der Waals surface area (Å²) in [6.45, 7) is -0.966. The van der Waals surface area contributed by atoms with Gasteiger partial charge in [0.25, 0.3) is 13.4 Å². The Morgan fingerprint density at radius 2 is 1.82 bits per heavy atom. The molecule has 0 aliphatic carbocycles. The van der Waals surface area contributed by atoms with Crippen LogP contribution in [0.15, 0.2) is 16.3 Å². The molecule has 3 heterocycles. The van der Waals surface area contributed by atoms with Gasteiger partial charge in [-0.25, -0.2) is 9.97 Å². The van der Waals surface area contributed by atoms with E-state index in [1.807, 2.05) is 0 Å². The fourth-order valence-electron chi connectivity index (χ4n) is 2.60. The number of thioether (sulfide) groups is 1. The van der Waals surface area contributed by atoms with Crippen LogP contribution < -0.4 is 138 Å². The predicted molar refractivity (Wildman–Crippen MR) is 88.1 cm³/mol. The Morgan fingerprint density at radius 1 is 1.21 bits per heavy atom. The number of nitrogens with one attached hydrogen (secondary N) is 1. The number of hydrogen-bond donors (Lipinski definition) is 3. The number of aliphatic hydroxyl groups excluding tert-OH is 2. The minimum atomic E-state index is -5.88. The van der Waals surface area contributed by atoms with Crippen molar-refractivity contribution in [2.45, 2.75) is 29.7 Å². The summed E-state index contributed by atoms with van der Waals surface area (Å²) in [7, 11) is -11.4. The summed E-state index contributed by atoms with van der Waals surface area (Å²) < 4.78 is 35.8. The van der Waals surface area contributed by atoms with E-state index in [0.717, 1.165) is 22.7 Å². The number of imidazole rings is 1. The number of ether oxygens (including phenoxy) is 1. The maximum Gasteiger partial charge on any atom is 1.00 e. The minimum Gasteiger partial charge on any atom is -0.790 e. The molecule has 1 unspecified atom stereocenters. The van der Waals surface area contributed by atoms with Crippen LogP contribution in [0.4, 0.5) is 0 Å². The van der Waals surface area contributed by atoms with Gasteiger partial charge >= 0.3 is 118 Å². The molecule has 1 aliphatic heterocycles. The zero-order valence-corrected chi connectivity index (χ0v) is 28.9. The number of phosphoric ester groups is 1. The molecule has 0 bridgehead atoms. The monoisotopic (exact) mass is 563 g/mol. The molecule has 0 aromatic carbocycles. The van der Waals surface area contributed by atoms with Gasteiger partial charge in [-0.2, -0.15) is 0 Å². The summed E-state index contributed by atoms with van der Waals surface area (Å²) in [5.74, 6) is 0. The maximum absolute atomic E-state index is 12.0. The largest absolute Gasteiger partial charge is 1.00 e. The SMILES string of the molecule is CSc1nc2c(ncn2[C@@H]2O[C@H](COP(=O)([O-])OP(=O)([O-])[O-])[C@@H](O)[C@H]2O)c(=O)[nH]1.[Na+].[Na+].[Na+].[Na+]. The molecular weight excluding hydrogens is 550 g/mol. The fraction of sp³-hybridized carbons (Fsp3) is 0.545. The van der Waals surface area contributed by atoms with E-state index in [9.17, 15) is 38.8 Å². The second-order valence-corrected chi connectivity index (χ2v) is 9.21. The summed E-state index contributed by atoms with van der Waals surface area (Å²) in [6, 6.07) is 0. The van der Waals surface area contributed by atoms with Gasteiger partial charge in [-0.3, -0.25) is 23.2 Å². The second kappa shape index (κ2) is 15.4. The third-order valence-corrected chi connectivity index (χ3v) is 6.46. The van der Waals surface area contributed by atoms with Crippen LogP contribution in [-0.4, -0.2) is 60.9 Å². The molecular formula is C11H13N4Na4O11P2S+. The van der Waals surface area contributed by atoms with Gasteiger partial charge in [0.05, 0.1) is 20.8 Å². The van der Waals surface area contributed by atoms with Crippen LogP contribution in [0.1, 0.15) is 6.23 Å². The Morgan fingerprint density at radius 3 is 2.36 bits per heavy atom. The molecule has 5 atom stereocenters. The van der Waals surface area contributed by atoms with Crippen LogP contribution in [0.25, 0.3) is 11.2 Å². The zero-order chi connectivity index (χ0) is 21.6. The van der Waals surface area contributed by atoms with Crippen molar-refractivity contribution < 1.29 is 166 Å². The van der Waals surface area contributed by atoms with Crippen molar-refractivity contribution in [2.75, 3.05) is 12.9 Å². The second-order valence-electron chi connectivity index (χ2n) is 5.72. The van der Waals surface area contributed by atoms with E-state index in [1.165, 1.54) is 0 Å². The topological polar surface area (TPSA) is 235 Å². The number of rotatable bonds is 7. The standard InChI is InChI=1S/C11H16N4O11P2S.4Na/c1-29-11-13-8-5(9(18)14-11)12-3-15(8)10-7(17)6(16)4(25-10)2-24-28(22,23)26-27(19,20)21;;;;/h3-4,6-7,10,16-17H,2H2,1H3,(H,22,23)(H,13,14,18)(H2,19,20,21);;;;/q;4*+1/p-3/t4-,6-,7-,10-;;;;/m1..../s1. The van der Waals surface area contributed by atoms with Crippen molar-refractivity contribution in [3.8, 4) is 0 Å². The van der Waals surface area contributed by atoms with E-state index in [2.05, 4.69) is 23.8 Å². The molecule has 0 amide bonds. The first-order valence-corrected chi connectivity index (χ1v) is 11.8. The van der Waals surface area contributed by atoms with Crippen molar-refractivity contribution in [3.05, 3.63) is 16.7 Å². The number of hydrogen-bond acceptors (Lipinski definition) is 14. The molecule has 0 radical (unpaired) electrons. The molecule has 0 spiro atoms. The molecule has 1 saturated heterocycles. The van der Waals surface area contributed by atoms with Gasteiger partial charge in [-0.05, 0) is 6.26 Å². The van der Waals surface area contributed by atoms with Crippen molar-refractivity contribution in [3.63, 3.8) is 0 Å². The molecule has 2 aromatic heterocycles. The summed E-state index contributed by atoms with van der Waals surface area (Å²) in [5, 5.41) is 20.6. The van der Waals surface area contributed by atoms with Gasteiger partial charge in [0.1, 0.15) is 18.3 Å². The molecule has 0 saturated carbocycles. The molecule has 22 heteroatoms. The Balaban J connectivity index is 0. The summed E-state index contributed by atoms with van der Waals surface area (Å²) in [5.41, 5.74) is -0.575. The van der Waals surface area contributed by atoms with Crippen LogP contribution in [0.3, 0.4) is 0 Å². The first-order chi connectivity index (χ1) is 13.4. The van der Waals surface area contributed by atoms with E-state index in [1.54, 1.807) is 6.26 Å². The Labute approximate surface area is 279 Å². The van der Waals surface area contributed by atoms with E-state index < -0.39 is 52.4 Å². The maximum atomic E-state index is 12.0. The molecule has 3 N–H and O–H groups in total. The van der Waals surface area contributed by atoms with Gasteiger partial charge < -0.3 is 38.7 Å². The van der Waals surface area contributed by atoms with Crippen molar-refractivity contribution in [1.29, 1.82) is 0 Å². The number of aromatic nitrogens is 4.